The number of aromatic nitrogens is 5. The summed E-state index contributed by atoms with van der Waals surface area (Å²) >= 11 is 3.25. The van der Waals surface area contributed by atoms with Gasteiger partial charge in [-0.25, -0.2) is 9.97 Å². The van der Waals surface area contributed by atoms with E-state index in [0.717, 1.165) is 31.9 Å². The third-order valence-corrected chi connectivity index (χ3v) is 6.14. The molecular formula is C18H15N5S2. The number of thiophene rings is 1. The van der Waals surface area contributed by atoms with Gasteiger partial charge in [0.15, 0.2) is 0 Å². The van der Waals surface area contributed by atoms with Gasteiger partial charge in [-0.2, -0.15) is 0 Å². The Morgan fingerprint density at radius 2 is 1.96 bits per heavy atom. The number of fused-ring (bicyclic) bond motifs is 1. The molecule has 1 fully saturated rings. The molecule has 4 aromatic rings. The number of aryl methyl sites for hydroxylation is 1. The molecule has 0 radical (unpaired) electrons. The number of rotatable bonds is 4. The molecule has 25 heavy (non-hydrogen) atoms. The van der Waals surface area contributed by atoms with Gasteiger partial charge in [0.2, 0.25) is 5.16 Å². The van der Waals surface area contributed by atoms with Crippen LogP contribution in [0.2, 0.25) is 0 Å². The zero-order valence-corrected chi connectivity index (χ0v) is 15.2. The Balaban J connectivity index is 1.62. The maximum atomic E-state index is 4.50. The summed E-state index contributed by atoms with van der Waals surface area (Å²) < 4.78 is 2.18. The lowest BCUT2D eigenvalue weighted by molar-refractivity contribution is 0.828. The minimum Gasteiger partial charge on any atom is -0.273 e. The van der Waals surface area contributed by atoms with Gasteiger partial charge in [-0.1, -0.05) is 18.2 Å². The van der Waals surface area contributed by atoms with E-state index >= 15 is 0 Å². The fourth-order valence-corrected chi connectivity index (χ4v) is 4.72. The summed E-state index contributed by atoms with van der Waals surface area (Å²) in [7, 11) is 0. The smallest absolute Gasteiger partial charge is 0.202 e. The van der Waals surface area contributed by atoms with Crippen LogP contribution in [0.3, 0.4) is 0 Å². The van der Waals surface area contributed by atoms with Crippen molar-refractivity contribution in [2.24, 2.45) is 0 Å². The lowest BCUT2D eigenvalue weighted by atomic mass is 10.3. The van der Waals surface area contributed by atoms with Crippen LogP contribution in [0.4, 0.5) is 0 Å². The normalized spacial score (nSPS) is 14.3. The van der Waals surface area contributed by atoms with Crippen molar-refractivity contribution in [3.63, 3.8) is 0 Å². The van der Waals surface area contributed by atoms with Gasteiger partial charge in [-0.15, -0.1) is 21.5 Å². The van der Waals surface area contributed by atoms with Crippen molar-refractivity contribution >= 4 is 33.3 Å². The van der Waals surface area contributed by atoms with E-state index < -0.39 is 0 Å². The Hall–Kier alpha value is -2.25. The van der Waals surface area contributed by atoms with E-state index in [1.54, 1.807) is 29.4 Å². The third-order valence-electron chi connectivity index (χ3n) is 4.22. The first-order chi connectivity index (χ1) is 12.3. The highest BCUT2D eigenvalue weighted by Gasteiger charge is 2.31. The number of para-hydroxylation sites is 1. The summed E-state index contributed by atoms with van der Waals surface area (Å²) in [5.41, 5.74) is 1.10. The second kappa shape index (κ2) is 5.93. The van der Waals surface area contributed by atoms with Crippen molar-refractivity contribution < 1.29 is 0 Å². The van der Waals surface area contributed by atoms with Gasteiger partial charge in [0.25, 0.3) is 0 Å². The molecule has 124 valence electrons. The van der Waals surface area contributed by atoms with Crippen molar-refractivity contribution in [2.45, 2.75) is 35.9 Å². The largest absolute Gasteiger partial charge is 0.273 e. The molecule has 0 unspecified atom stereocenters. The monoisotopic (exact) mass is 365 g/mol. The molecule has 0 saturated heterocycles. The van der Waals surface area contributed by atoms with E-state index in [1.807, 2.05) is 18.2 Å². The Labute approximate surface area is 153 Å². The van der Waals surface area contributed by atoms with Crippen molar-refractivity contribution in [3.05, 3.63) is 53.4 Å². The molecule has 1 saturated carbocycles. The van der Waals surface area contributed by atoms with Gasteiger partial charge < -0.3 is 0 Å². The van der Waals surface area contributed by atoms with Crippen LogP contribution in [0.25, 0.3) is 15.9 Å². The minimum atomic E-state index is 0.524. The van der Waals surface area contributed by atoms with Gasteiger partial charge in [0.1, 0.15) is 22.0 Å². The summed E-state index contributed by atoms with van der Waals surface area (Å²) in [5, 5.41) is 11.8. The summed E-state index contributed by atoms with van der Waals surface area (Å²) in [6, 6.07) is 12.5. The Morgan fingerprint density at radius 1 is 1.12 bits per heavy atom. The van der Waals surface area contributed by atoms with Crippen LogP contribution in [0, 0.1) is 6.92 Å². The van der Waals surface area contributed by atoms with Gasteiger partial charge in [0, 0.05) is 21.9 Å². The first-order valence-corrected chi connectivity index (χ1v) is 9.82. The Bertz CT molecular complexity index is 1050. The molecule has 5 nitrogen and oxygen atoms in total. The van der Waals surface area contributed by atoms with E-state index in [9.17, 15) is 0 Å². The fourth-order valence-electron chi connectivity index (χ4n) is 2.90. The van der Waals surface area contributed by atoms with Crippen molar-refractivity contribution in [1.29, 1.82) is 0 Å². The highest BCUT2D eigenvalue weighted by Crippen LogP contribution is 2.42. The minimum absolute atomic E-state index is 0.524. The fraction of sp³-hybridized carbons (Fsp3) is 0.222. The standard InChI is InChI=1S/C18H15N5S2/c1-11-9-14-16(24-11)19-10-20-17(14)25-18-22-21-15(12-7-8-12)23(18)13-5-3-2-4-6-13/h2-6,9-10,12H,7-8H2,1H3. The first-order valence-electron chi connectivity index (χ1n) is 8.19. The molecule has 0 atom stereocenters. The molecule has 0 N–H and O–H groups in total. The van der Waals surface area contributed by atoms with Crippen LogP contribution in [0.5, 0.6) is 0 Å². The van der Waals surface area contributed by atoms with Crippen LogP contribution in [-0.2, 0) is 0 Å². The molecule has 7 heteroatoms. The van der Waals surface area contributed by atoms with Crippen LogP contribution >= 0.6 is 23.1 Å². The number of hydrogen-bond donors (Lipinski definition) is 0. The zero-order chi connectivity index (χ0) is 16.8. The maximum Gasteiger partial charge on any atom is 0.202 e. The molecule has 0 spiro atoms. The highest BCUT2D eigenvalue weighted by molar-refractivity contribution is 7.99. The van der Waals surface area contributed by atoms with E-state index in [0.29, 0.717) is 5.92 Å². The van der Waals surface area contributed by atoms with Crippen LogP contribution in [-0.4, -0.2) is 24.7 Å². The number of nitrogens with zero attached hydrogens (tertiary/aromatic N) is 5. The van der Waals surface area contributed by atoms with Crippen LogP contribution < -0.4 is 0 Å². The summed E-state index contributed by atoms with van der Waals surface area (Å²) in [6.45, 7) is 2.10. The topological polar surface area (TPSA) is 56.5 Å². The lowest BCUT2D eigenvalue weighted by Gasteiger charge is -2.09. The van der Waals surface area contributed by atoms with E-state index in [1.165, 1.54) is 17.7 Å². The molecule has 3 aromatic heterocycles. The number of hydrogen-bond acceptors (Lipinski definition) is 6. The van der Waals surface area contributed by atoms with E-state index in [4.69, 9.17) is 0 Å². The summed E-state index contributed by atoms with van der Waals surface area (Å²) in [5.74, 6) is 1.58. The third kappa shape index (κ3) is 2.73. The Morgan fingerprint density at radius 3 is 2.76 bits per heavy atom. The van der Waals surface area contributed by atoms with Gasteiger partial charge in [-0.05, 0) is 49.7 Å². The van der Waals surface area contributed by atoms with Gasteiger partial charge in [0.05, 0.1) is 0 Å². The Kier molecular flexibility index (Phi) is 3.57. The SMILES string of the molecule is Cc1cc2c(Sc3nnc(C4CC4)n3-c3ccccc3)ncnc2s1. The zero-order valence-electron chi connectivity index (χ0n) is 13.6. The lowest BCUT2D eigenvalue weighted by Crippen LogP contribution is -2.01. The molecule has 3 heterocycles. The first kappa shape index (κ1) is 15.0. The molecular weight excluding hydrogens is 350 g/mol. The van der Waals surface area contributed by atoms with Crippen LogP contribution in [0.15, 0.2) is 52.9 Å². The second-order valence-corrected chi connectivity index (χ2v) is 8.33. The molecule has 1 aromatic carbocycles. The predicted octanol–water partition coefficient (Wildman–Crippen LogP) is 4.61. The molecule has 0 aliphatic heterocycles. The molecule has 1 aliphatic rings. The van der Waals surface area contributed by atoms with Gasteiger partial charge in [-0.3, -0.25) is 4.57 Å². The average Bonchev–Trinajstić information content (AvgIpc) is 3.27. The molecule has 5 rings (SSSR count). The summed E-state index contributed by atoms with van der Waals surface area (Å²) in [4.78, 5) is 11.1. The second-order valence-electron chi connectivity index (χ2n) is 6.14. The van der Waals surface area contributed by atoms with Crippen LogP contribution in [0.1, 0.15) is 29.5 Å². The van der Waals surface area contributed by atoms with E-state index in [-0.39, 0.29) is 0 Å². The van der Waals surface area contributed by atoms with Gasteiger partial charge >= 0.3 is 0 Å². The van der Waals surface area contributed by atoms with Crippen molar-refractivity contribution in [3.8, 4) is 5.69 Å². The highest BCUT2D eigenvalue weighted by atomic mass is 32.2. The van der Waals surface area contributed by atoms with E-state index in [2.05, 4.69) is 49.9 Å². The quantitative estimate of drug-likeness (QED) is 0.494. The molecule has 0 bridgehead atoms. The molecule has 1 aliphatic carbocycles. The summed E-state index contributed by atoms with van der Waals surface area (Å²) in [6.07, 6.45) is 4.01. The molecule has 0 amide bonds. The maximum absolute atomic E-state index is 4.50. The van der Waals surface area contributed by atoms with Crippen molar-refractivity contribution in [1.82, 2.24) is 24.7 Å². The number of benzene rings is 1. The van der Waals surface area contributed by atoms with Crippen molar-refractivity contribution in [2.75, 3.05) is 0 Å². The average molecular weight is 365 g/mol. The predicted molar refractivity (Wildman–Crippen MR) is 99.6 cm³/mol.